The molecule has 0 aliphatic rings. The summed E-state index contributed by atoms with van der Waals surface area (Å²) in [6, 6.07) is 6.13. The number of hydrogen-bond acceptors (Lipinski definition) is 4. The van der Waals surface area contributed by atoms with Crippen molar-refractivity contribution in [1.29, 1.82) is 0 Å². The minimum absolute atomic E-state index is 0.636. The number of rotatable bonds is 11. The van der Waals surface area contributed by atoms with Gasteiger partial charge in [0.2, 0.25) is 0 Å². The van der Waals surface area contributed by atoms with Gasteiger partial charge in [0.25, 0.3) is 0 Å². The molecule has 0 bridgehead atoms. The fourth-order valence-electron chi connectivity index (χ4n) is 2.47. The first-order chi connectivity index (χ1) is 12.1. The average molecular weight is 351 g/mol. The molecule has 25 heavy (non-hydrogen) atoms. The number of hydrogen-bond donors (Lipinski definition) is 2. The van der Waals surface area contributed by atoms with Crippen LogP contribution in [-0.2, 0) is 6.42 Å². The fraction of sp³-hybridized carbons (Fsp3) is 0.632. The van der Waals surface area contributed by atoms with E-state index in [4.69, 9.17) is 9.47 Å². The van der Waals surface area contributed by atoms with Crippen molar-refractivity contribution in [3.63, 3.8) is 0 Å². The van der Waals surface area contributed by atoms with Crippen LogP contribution in [0.15, 0.2) is 23.2 Å². The summed E-state index contributed by atoms with van der Waals surface area (Å²) in [5, 5.41) is 6.70. The van der Waals surface area contributed by atoms with E-state index in [0.717, 1.165) is 56.4 Å². The summed E-state index contributed by atoms with van der Waals surface area (Å²) in [7, 11) is 7.64. The van der Waals surface area contributed by atoms with E-state index >= 15 is 0 Å². The highest BCUT2D eigenvalue weighted by Crippen LogP contribution is 2.28. The molecule has 1 rings (SSSR count). The summed E-state index contributed by atoms with van der Waals surface area (Å²) in [5.74, 6) is 2.46. The number of aryl methyl sites for hydroxylation is 1. The molecular weight excluding hydrogens is 316 g/mol. The molecule has 0 aromatic heterocycles. The van der Waals surface area contributed by atoms with E-state index in [1.54, 1.807) is 14.2 Å². The predicted octanol–water partition coefficient (Wildman–Crippen LogP) is 2.14. The zero-order valence-corrected chi connectivity index (χ0v) is 16.4. The standard InChI is InChI=1S/C19H34N4O2/c1-6-25-18-15-16(10-11-17(18)24-5)9-7-12-21-19(20-2)22-13-8-14-23(3)4/h10-11,15H,6-9,12-14H2,1-5H3,(H2,20,21,22). The topological polar surface area (TPSA) is 58.1 Å². The van der Waals surface area contributed by atoms with Crippen LogP contribution in [0.2, 0.25) is 0 Å². The summed E-state index contributed by atoms with van der Waals surface area (Å²) in [6.07, 6.45) is 3.10. The van der Waals surface area contributed by atoms with Crippen molar-refractivity contribution in [1.82, 2.24) is 15.5 Å². The summed E-state index contributed by atoms with van der Waals surface area (Å²) in [4.78, 5) is 6.44. The van der Waals surface area contributed by atoms with Crippen LogP contribution in [0.25, 0.3) is 0 Å². The van der Waals surface area contributed by atoms with Gasteiger partial charge in [-0.1, -0.05) is 6.07 Å². The number of guanidine groups is 1. The van der Waals surface area contributed by atoms with Crippen molar-refractivity contribution < 1.29 is 9.47 Å². The lowest BCUT2D eigenvalue weighted by Gasteiger charge is -2.14. The first-order valence-electron chi connectivity index (χ1n) is 8.99. The van der Waals surface area contributed by atoms with Crippen LogP contribution in [0.4, 0.5) is 0 Å². The quantitative estimate of drug-likeness (QED) is 0.364. The Bertz CT molecular complexity index is 518. The van der Waals surface area contributed by atoms with Crippen LogP contribution in [0.5, 0.6) is 11.5 Å². The van der Waals surface area contributed by atoms with Gasteiger partial charge >= 0.3 is 0 Å². The summed E-state index contributed by atoms with van der Waals surface area (Å²) in [5.41, 5.74) is 1.25. The van der Waals surface area contributed by atoms with E-state index in [1.807, 2.05) is 13.0 Å². The first kappa shape index (κ1) is 21.1. The molecule has 0 fully saturated rings. The number of aliphatic imine (C=N–C) groups is 1. The largest absolute Gasteiger partial charge is 0.493 e. The van der Waals surface area contributed by atoms with Gasteiger partial charge in [0.05, 0.1) is 13.7 Å². The van der Waals surface area contributed by atoms with Crippen molar-refractivity contribution >= 4 is 5.96 Å². The maximum absolute atomic E-state index is 5.63. The molecule has 1 aromatic carbocycles. The van der Waals surface area contributed by atoms with Crippen molar-refractivity contribution in [3.05, 3.63) is 23.8 Å². The average Bonchev–Trinajstić information content (AvgIpc) is 2.60. The maximum atomic E-state index is 5.63. The lowest BCUT2D eigenvalue weighted by molar-refractivity contribution is 0.310. The number of methoxy groups -OCH3 is 1. The predicted molar refractivity (Wildman–Crippen MR) is 105 cm³/mol. The van der Waals surface area contributed by atoms with Crippen LogP contribution < -0.4 is 20.1 Å². The van der Waals surface area contributed by atoms with Gasteiger partial charge in [0.1, 0.15) is 0 Å². The van der Waals surface area contributed by atoms with E-state index in [2.05, 4.69) is 46.8 Å². The summed E-state index contributed by atoms with van der Waals surface area (Å²) >= 11 is 0. The zero-order valence-electron chi connectivity index (χ0n) is 16.4. The maximum Gasteiger partial charge on any atom is 0.190 e. The van der Waals surface area contributed by atoms with E-state index in [0.29, 0.717) is 6.61 Å². The smallest absolute Gasteiger partial charge is 0.190 e. The van der Waals surface area contributed by atoms with E-state index in [1.165, 1.54) is 5.56 Å². The number of ether oxygens (including phenoxy) is 2. The van der Waals surface area contributed by atoms with Gasteiger partial charge in [-0.05, 0) is 64.5 Å². The molecule has 0 unspecified atom stereocenters. The Morgan fingerprint density at radius 1 is 1.12 bits per heavy atom. The van der Waals surface area contributed by atoms with Gasteiger partial charge in [-0.3, -0.25) is 4.99 Å². The molecule has 2 N–H and O–H groups in total. The Hall–Kier alpha value is -1.95. The zero-order chi connectivity index (χ0) is 18.5. The molecule has 0 aliphatic carbocycles. The van der Waals surface area contributed by atoms with Crippen molar-refractivity contribution in [3.8, 4) is 11.5 Å². The minimum Gasteiger partial charge on any atom is -0.493 e. The molecule has 0 saturated heterocycles. The molecule has 0 heterocycles. The van der Waals surface area contributed by atoms with Gasteiger partial charge in [-0.2, -0.15) is 0 Å². The molecule has 6 nitrogen and oxygen atoms in total. The van der Waals surface area contributed by atoms with E-state index < -0.39 is 0 Å². The Labute approximate surface area is 152 Å². The number of nitrogens with one attached hydrogen (secondary N) is 2. The Morgan fingerprint density at radius 2 is 1.84 bits per heavy atom. The second-order valence-corrected chi connectivity index (χ2v) is 6.10. The Kier molecular flexibility index (Phi) is 10.5. The van der Waals surface area contributed by atoms with Gasteiger partial charge < -0.3 is 25.0 Å². The highest BCUT2D eigenvalue weighted by molar-refractivity contribution is 5.79. The summed E-state index contributed by atoms with van der Waals surface area (Å²) < 4.78 is 11.0. The Morgan fingerprint density at radius 3 is 2.44 bits per heavy atom. The van der Waals surface area contributed by atoms with Crippen LogP contribution in [-0.4, -0.2) is 65.4 Å². The fourth-order valence-corrected chi connectivity index (χ4v) is 2.47. The highest BCUT2D eigenvalue weighted by Gasteiger charge is 2.05. The third-order valence-corrected chi connectivity index (χ3v) is 3.76. The van der Waals surface area contributed by atoms with Crippen LogP contribution in [0.1, 0.15) is 25.3 Å². The first-order valence-corrected chi connectivity index (χ1v) is 8.99. The lowest BCUT2D eigenvalue weighted by atomic mass is 10.1. The molecule has 0 saturated carbocycles. The van der Waals surface area contributed by atoms with Crippen molar-refractivity contribution in [2.45, 2.75) is 26.2 Å². The van der Waals surface area contributed by atoms with Gasteiger partial charge in [0, 0.05) is 20.1 Å². The van der Waals surface area contributed by atoms with E-state index in [-0.39, 0.29) is 0 Å². The molecule has 0 atom stereocenters. The van der Waals surface area contributed by atoms with Gasteiger partial charge in [-0.25, -0.2) is 0 Å². The second-order valence-electron chi connectivity index (χ2n) is 6.10. The monoisotopic (exact) mass is 350 g/mol. The normalized spacial score (nSPS) is 11.5. The third kappa shape index (κ3) is 8.63. The van der Waals surface area contributed by atoms with Gasteiger partial charge in [0.15, 0.2) is 17.5 Å². The lowest BCUT2D eigenvalue weighted by Crippen LogP contribution is -2.39. The van der Waals surface area contributed by atoms with Crippen molar-refractivity contribution in [2.75, 3.05) is 54.5 Å². The minimum atomic E-state index is 0.636. The highest BCUT2D eigenvalue weighted by atomic mass is 16.5. The molecule has 142 valence electrons. The summed E-state index contributed by atoms with van der Waals surface area (Å²) in [6.45, 7) is 5.49. The Balaban J connectivity index is 2.33. The molecule has 0 amide bonds. The van der Waals surface area contributed by atoms with E-state index in [9.17, 15) is 0 Å². The SMILES string of the molecule is CCOc1cc(CCCNC(=NC)NCCCN(C)C)ccc1OC. The molecule has 0 radical (unpaired) electrons. The van der Waals surface area contributed by atoms with Crippen LogP contribution in [0.3, 0.4) is 0 Å². The molecule has 0 spiro atoms. The molecular formula is C19H34N4O2. The van der Waals surface area contributed by atoms with Crippen LogP contribution in [0, 0.1) is 0 Å². The number of benzene rings is 1. The van der Waals surface area contributed by atoms with Crippen LogP contribution >= 0.6 is 0 Å². The number of nitrogens with zero attached hydrogens (tertiary/aromatic N) is 2. The van der Waals surface area contributed by atoms with Gasteiger partial charge in [-0.15, -0.1) is 0 Å². The third-order valence-electron chi connectivity index (χ3n) is 3.76. The molecule has 0 aliphatic heterocycles. The second kappa shape index (κ2) is 12.4. The van der Waals surface area contributed by atoms with Crippen molar-refractivity contribution in [2.24, 2.45) is 4.99 Å². The molecule has 1 aromatic rings. The molecule has 6 heteroatoms.